The molecule has 1 saturated carbocycles. The average molecular weight is 600 g/mol. The van der Waals surface area contributed by atoms with E-state index in [1.807, 2.05) is 0 Å². The molecule has 3 heterocycles. The van der Waals surface area contributed by atoms with Crippen LogP contribution in [0.1, 0.15) is 28.2 Å². The molecule has 42 heavy (non-hydrogen) atoms. The SMILES string of the molecule is COc1c(Nc2cc(NC(=O)C3CC3)nnc2C(=O)NC(O)(O)O)cccc1-c1ncc(CC(=O)N2CCOCC2)s1. The first-order valence-corrected chi connectivity index (χ1v) is 13.9. The molecule has 3 amide bonds. The lowest BCUT2D eigenvalue weighted by Gasteiger charge is -2.26. The Balaban J connectivity index is 1.42. The van der Waals surface area contributed by atoms with Crippen LogP contribution < -0.4 is 20.7 Å². The number of benzene rings is 1. The molecule has 1 aromatic carbocycles. The molecular formula is C26H29N7O8S. The van der Waals surface area contributed by atoms with E-state index in [1.165, 1.54) is 24.5 Å². The molecule has 5 rings (SSSR count). The Morgan fingerprint density at radius 1 is 1.14 bits per heavy atom. The molecule has 0 unspecified atom stereocenters. The van der Waals surface area contributed by atoms with Gasteiger partial charge in [-0.25, -0.2) is 4.98 Å². The summed E-state index contributed by atoms with van der Waals surface area (Å²) in [6.07, 6.45) is -0.123. The normalized spacial score (nSPS) is 15.2. The van der Waals surface area contributed by atoms with Crippen molar-refractivity contribution in [1.82, 2.24) is 25.4 Å². The minimum Gasteiger partial charge on any atom is -0.494 e. The van der Waals surface area contributed by atoms with Gasteiger partial charge in [0.2, 0.25) is 11.8 Å². The van der Waals surface area contributed by atoms with Gasteiger partial charge >= 0.3 is 6.10 Å². The predicted molar refractivity (Wildman–Crippen MR) is 149 cm³/mol. The van der Waals surface area contributed by atoms with Crippen molar-refractivity contribution in [2.45, 2.75) is 25.4 Å². The van der Waals surface area contributed by atoms with Crippen molar-refractivity contribution in [1.29, 1.82) is 0 Å². The first kappa shape index (κ1) is 29.3. The fourth-order valence-corrected chi connectivity index (χ4v) is 5.18. The number of nitrogens with one attached hydrogen (secondary N) is 3. The van der Waals surface area contributed by atoms with Crippen LogP contribution in [0.4, 0.5) is 17.2 Å². The molecule has 0 spiro atoms. The standard InChI is InChI=1S/C26H29N7O8S/c1-40-22-16(25-27-13-15(42-25)11-20(34)33-7-9-41-10-8-33)3-2-4-17(22)28-18-12-19(29-23(35)14-5-6-14)31-32-21(18)24(36)30-26(37,38)39/h2-4,12-14,37-39H,5-11H2,1H3,(H,30,36)(H2,28,29,31,35). The Bertz CT molecular complexity index is 1480. The quantitative estimate of drug-likeness (QED) is 0.175. The van der Waals surface area contributed by atoms with Gasteiger partial charge in [-0.3, -0.25) is 19.7 Å². The zero-order chi connectivity index (χ0) is 29.9. The van der Waals surface area contributed by atoms with Gasteiger partial charge in [0.15, 0.2) is 17.3 Å². The molecule has 0 bridgehead atoms. The van der Waals surface area contributed by atoms with E-state index in [-0.39, 0.29) is 35.7 Å². The van der Waals surface area contributed by atoms with Gasteiger partial charge in [-0.15, -0.1) is 21.5 Å². The van der Waals surface area contributed by atoms with Crippen molar-refractivity contribution in [3.8, 4) is 16.3 Å². The van der Waals surface area contributed by atoms with Crippen molar-refractivity contribution in [3.05, 3.63) is 41.0 Å². The summed E-state index contributed by atoms with van der Waals surface area (Å²) in [6.45, 7) is 2.14. The molecule has 0 radical (unpaired) electrons. The molecule has 16 heteroatoms. The molecule has 3 aromatic rings. The second-order valence-corrected chi connectivity index (χ2v) is 10.8. The summed E-state index contributed by atoms with van der Waals surface area (Å²) in [5.74, 6) is -1.12. The number of anilines is 3. The van der Waals surface area contributed by atoms with E-state index in [1.54, 1.807) is 34.6 Å². The molecule has 222 valence electrons. The molecule has 1 saturated heterocycles. The van der Waals surface area contributed by atoms with Crippen molar-refractivity contribution >= 4 is 46.3 Å². The third-order valence-electron chi connectivity index (χ3n) is 6.45. The summed E-state index contributed by atoms with van der Waals surface area (Å²) in [4.78, 5) is 44.7. The highest BCUT2D eigenvalue weighted by atomic mass is 32.1. The van der Waals surface area contributed by atoms with Gasteiger partial charge in [-0.05, 0) is 25.0 Å². The molecule has 1 aliphatic heterocycles. The summed E-state index contributed by atoms with van der Waals surface area (Å²) in [5.41, 5.74) is 0.588. The van der Waals surface area contributed by atoms with Crippen LogP contribution in [0.15, 0.2) is 30.5 Å². The number of methoxy groups -OCH3 is 1. The maximum Gasteiger partial charge on any atom is 0.369 e. The number of ether oxygens (including phenoxy) is 2. The predicted octanol–water partition coefficient (Wildman–Crippen LogP) is 0.420. The molecule has 0 atom stereocenters. The van der Waals surface area contributed by atoms with Crippen molar-refractivity contribution in [3.63, 3.8) is 0 Å². The fourth-order valence-electron chi connectivity index (χ4n) is 4.26. The monoisotopic (exact) mass is 599 g/mol. The number of para-hydroxylation sites is 1. The van der Waals surface area contributed by atoms with Crippen molar-refractivity contribution in [2.75, 3.05) is 44.0 Å². The maximum absolute atomic E-state index is 12.7. The Hall–Kier alpha value is -4.22. The number of morpholine rings is 1. The van der Waals surface area contributed by atoms with Crippen LogP contribution in [0.25, 0.3) is 10.6 Å². The van der Waals surface area contributed by atoms with E-state index in [0.29, 0.717) is 48.3 Å². The lowest BCUT2D eigenvalue weighted by atomic mass is 10.1. The molecule has 2 fully saturated rings. The highest BCUT2D eigenvalue weighted by Gasteiger charge is 2.31. The number of amides is 3. The highest BCUT2D eigenvalue weighted by Crippen LogP contribution is 2.40. The summed E-state index contributed by atoms with van der Waals surface area (Å²) in [5, 5.41) is 43.3. The lowest BCUT2D eigenvalue weighted by Crippen LogP contribution is -2.48. The Morgan fingerprint density at radius 3 is 2.60 bits per heavy atom. The zero-order valence-electron chi connectivity index (χ0n) is 22.5. The van der Waals surface area contributed by atoms with Crippen LogP contribution in [0.3, 0.4) is 0 Å². The van der Waals surface area contributed by atoms with Crippen LogP contribution in [-0.2, 0) is 20.7 Å². The number of rotatable bonds is 10. The van der Waals surface area contributed by atoms with E-state index in [9.17, 15) is 29.7 Å². The van der Waals surface area contributed by atoms with Gasteiger partial charge in [-0.2, -0.15) is 0 Å². The summed E-state index contributed by atoms with van der Waals surface area (Å²) in [6, 6.07) is 6.52. The van der Waals surface area contributed by atoms with Crippen LogP contribution in [0.5, 0.6) is 5.75 Å². The molecule has 1 aliphatic carbocycles. The second-order valence-electron chi connectivity index (χ2n) is 9.66. The zero-order valence-corrected chi connectivity index (χ0v) is 23.3. The van der Waals surface area contributed by atoms with E-state index in [4.69, 9.17) is 9.47 Å². The Labute approximate surface area is 243 Å². The van der Waals surface area contributed by atoms with Gasteiger partial charge in [0, 0.05) is 36.1 Å². The van der Waals surface area contributed by atoms with E-state index in [2.05, 4.69) is 25.8 Å². The third kappa shape index (κ3) is 7.15. The maximum atomic E-state index is 12.7. The number of nitrogens with zero attached hydrogens (tertiary/aromatic N) is 4. The van der Waals surface area contributed by atoms with Crippen molar-refractivity contribution in [2.24, 2.45) is 5.92 Å². The molecule has 15 nitrogen and oxygen atoms in total. The van der Waals surface area contributed by atoms with Crippen molar-refractivity contribution < 1.29 is 39.2 Å². The minimum atomic E-state index is -3.50. The number of aromatic nitrogens is 3. The van der Waals surface area contributed by atoms with Gasteiger partial charge in [0.05, 0.1) is 43.7 Å². The lowest BCUT2D eigenvalue weighted by molar-refractivity contribution is -0.323. The van der Waals surface area contributed by atoms with E-state index < -0.39 is 17.7 Å². The highest BCUT2D eigenvalue weighted by molar-refractivity contribution is 7.15. The van der Waals surface area contributed by atoms with Crippen LogP contribution in [0.2, 0.25) is 0 Å². The molecule has 2 aliphatic rings. The van der Waals surface area contributed by atoms with Crippen LogP contribution in [-0.4, -0.2) is 92.6 Å². The van der Waals surface area contributed by atoms with Gasteiger partial charge in [0.1, 0.15) is 5.01 Å². The smallest absolute Gasteiger partial charge is 0.369 e. The number of thiazole rings is 1. The third-order valence-corrected chi connectivity index (χ3v) is 7.48. The number of hydrogen-bond donors (Lipinski definition) is 6. The fraction of sp³-hybridized carbons (Fsp3) is 0.385. The molecule has 6 N–H and O–H groups in total. The second kappa shape index (κ2) is 12.3. The average Bonchev–Trinajstić information content (AvgIpc) is 3.71. The first-order chi connectivity index (χ1) is 20.1. The minimum absolute atomic E-state index is 0.00545. The Kier molecular flexibility index (Phi) is 8.60. The van der Waals surface area contributed by atoms with E-state index >= 15 is 0 Å². The number of hydrogen-bond acceptors (Lipinski definition) is 13. The summed E-state index contributed by atoms with van der Waals surface area (Å²) < 4.78 is 11.0. The first-order valence-electron chi connectivity index (χ1n) is 13.0. The molecular weight excluding hydrogens is 570 g/mol. The van der Waals surface area contributed by atoms with Gasteiger partial charge < -0.3 is 40.3 Å². The van der Waals surface area contributed by atoms with Crippen LogP contribution >= 0.6 is 11.3 Å². The van der Waals surface area contributed by atoms with Gasteiger partial charge in [0.25, 0.3) is 5.91 Å². The summed E-state index contributed by atoms with van der Waals surface area (Å²) in [7, 11) is 1.46. The number of carbonyl (C=O) groups is 3. The van der Waals surface area contributed by atoms with Gasteiger partial charge in [-0.1, -0.05) is 6.07 Å². The summed E-state index contributed by atoms with van der Waals surface area (Å²) >= 11 is 1.34. The number of carbonyl (C=O) groups excluding carboxylic acids is 3. The molecule has 2 aromatic heterocycles. The largest absolute Gasteiger partial charge is 0.494 e. The van der Waals surface area contributed by atoms with E-state index in [0.717, 1.165) is 17.7 Å². The number of aliphatic hydroxyl groups is 3. The Morgan fingerprint density at radius 2 is 1.90 bits per heavy atom. The van der Waals surface area contributed by atoms with Crippen LogP contribution in [0, 0.1) is 5.92 Å². The topological polar surface area (TPSA) is 208 Å².